The molecule has 0 radical (unpaired) electrons. The molecule has 0 rings (SSSR count). The Morgan fingerprint density at radius 1 is 1.27 bits per heavy atom. The third-order valence-electron chi connectivity index (χ3n) is 1.48. The summed E-state index contributed by atoms with van der Waals surface area (Å²) >= 11 is 0. The second-order valence-electron chi connectivity index (χ2n) is 2.58. The molecule has 0 unspecified atom stereocenters. The number of aliphatic imine (C=N–C) groups is 2. The fourth-order valence-corrected chi connectivity index (χ4v) is 0.979. The third-order valence-corrected chi connectivity index (χ3v) is 1.48. The van der Waals surface area contributed by atoms with Crippen LogP contribution in [0.25, 0.3) is 0 Å². The van der Waals surface area contributed by atoms with E-state index in [4.69, 9.17) is 0 Å². The summed E-state index contributed by atoms with van der Waals surface area (Å²) in [4.78, 5) is 8.21. The molecule has 0 aliphatic carbocycles. The minimum absolute atomic E-state index is 0.414. The van der Waals surface area contributed by atoms with Gasteiger partial charge in [0.1, 0.15) is 0 Å². The zero-order chi connectivity index (χ0) is 8.85. The highest BCUT2D eigenvalue weighted by Crippen LogP contribution is 2.00. The molecule has 0 aliphatic rings. The summed E-state index contributed by atoms with van der Waals surface area (Å²) in [6.07, 6.45) is 1.74. The standard InChI is InChI=1S/C9H16N2/c1-6-8(10-4)9(11-5)7(2)3/h6-7H,1H2,2-5H3. The van der Waals surface area contributed by atoms with Gasteiger partial charge in [-0.3, -0.25) is 9.98 Å². The predicted octanol–water partition coefficient (Wildman–Crippen LogP) is 1.97. The number of allylic oxidation sites excluding steroid dienone is 1. The van der Waals surface area contributed by atoms with E-state index in [1.54, 1.807) is 20.2 Å². The fourth-order valence-electron chi connectivity index (χ4n) is 0.979. The molecule has 0 fully saturated rings. The topological polar surface area (TPSA) is 24.7 Å². The van der Waals surface area contributed by atoms with Gasteiger partial charge in [-0.2, -0.15) is 0 Å². The number of hydrogen-bond donors (Lipinski definition) is 0. The van der Waals surface area contributed by atoms with Gasteiger partial charge in [0, 0.05) is 14.1 Å². The minimum atomic E-state index is 0.414. The Morgan fingerprint density at radius 3 is 1.91 bits per heavy atom. The van der Waals surface area contributed by atoms with Crippen LogP contribution in [0.3, 0.4) is 0 Å². The van der Waals surface area contributed by atoms with Gasteiger partial charge in [-0.1, -0.05) is 20.4 Å². The average Bonchev–Trinajstić information content (AvgIpc) is 1.99. The summed E-state index contributed by atoms with van der Waals surface area (Å²) < 4.78 is 0. The molecule has 0 aliphatic heterocycles. The van der Waals surface area contributed by atoms with Gasteiger partial charge in [0.05, 0.1) is 11.4 Å². The lowest BCUT2D eigenvalue weighted by Gasteiger charge is -2.07. The Kier molecular flexibility index (Phi) is 4.42. The van der Waals surface area contributed by atoms with Crippen molar-refractivity contribution >= 4 is 11.4 Å². The van der Waals surface area contributed by atoms with E-state index in [0.29, 0.717) is 5.92 Å². The molecule has 0 atom stereocenters. The van der Waals surface area contributed by atoms with E-state index in [1.807, 2.05) is 0 Å². The maximum Gasteiger partial charge on any atom is 0.0777 e. The zero-order valence-corrected chi connectivity index (χ0v) is 7.76. The van der Waals surface area contributed by atoms with E-state index in [-0.39, 0.29) is 0 Å². The smallest absolute Gasteiger partial charge is 0.0777 e. The first-order chi connectivity index (χ1) is 5.17. The molecule has 62 valence electrons. The number of nitrogens with zero attached hydrogens (tertiary/aromatic N) is 2. The average molecular weight is 152 g/mol. The van der Waals surface area contributed by atoms with E-state index in [9.17, 15) is 0 Å². The Hall–Kier alpha value is -0.920. The zero-order valence-electron chi connectivity index (χ0n) is 7.76. The third kappa shape index (κ3) is 2.66. The van der Waals surface area contributed by atoms with E-state index < -0.39 is 0 Å². The molecule has 0 saturated heterocycles. The SMILES string of the molecule is C=CC(=NC)C(=NC)C(C)C. The molecular formula is C9H16N2. The summed E-state index contributed by atoms with van der Waals surface area (Å²) in [6, 6.07) is 0. The molecule has 0 aromatic rings. The molecule has 0 saturated carbocycles. The van der Waals surface area contributed by atoms with Gasteiger partial charge in [0.15, 0.2) is 0 Å². The first-order valence-corrected chi connectivity index (χ1v) is 3.73. The van der Waals surface area contributed by atoms with Gasteiger partial charge in [-0.05, 0) is 12.0 Å². The number of rotatable bonds is 3. The van der Waals surface area contributed by atoms with Crippen molar-refractivity contribution in [3.8, 4) is 0 Å². The van der Waals surface area contributed by atoms with Crippen LogP contribution in [0.5, 0.6) is 0 Å². The summed E-state index contributed by atoms with van der Waals surface area (Å²) in [5, 5.41) is 0. The molecule has 11 heavy (non-hydrogen) atoms. The summed E-state index contributed by atoms with van der Waals surface area (Å²) in [7, 11) is 3.54. The lowest BCUT2D eigenvalue weighted by atomic mass is 10.0. The van der Waals surface area contributed by atoms with Crippen LogP contribution in [-0.4, -0.2) is 25.5 Å². The largest absolute Gasteiger partial charge is 0.291 e. The van der Waals surface area contributed by atoms with Crippen molar-refractivity contribution < 1.29 is 0 Å². The highest BCUT2D eigenvalue weighted by Gasteiger charge is 2.07. The molecule has 0 heterocycles. The Labute approximate surface area is 68.8 Å². The van der Waals surface area contributed by atoms with Gasteiger partial charge >= 0.3 is 0 Å². The molecule has 0 bridgehead atoms. The quantitative estimate of drug-likeness (QED) is 0.552. The van der Waals surface area contributed by atoms with Gasteiger partial charge in [0.25, 0.3) is 0 Å². The van der Waals surface area contributed by atoms with Crippen molar-refractivity contribution in [1.29, 1.82) is 0 Å². The van der Waals surface area contributed by atoms with Crippen molar-refractivity contribution in [2.75, 3.05) is 14.1 Å². The Balaban J connectivity index is 4.64. The lowest BCUT2D eigenvalue weighted by molar-refractivity contribution is 0.891. The Morgan fingerprint density at radius 2 is 1.82 bits per heavy atom. The molecule has 2 nitrogen and oxygen atoms in total. The van der Waals surface area contributed by atoms with E-state index in [0.717, 1.165) is 11.4 Å². The highest BCUT2D eigenvalue weighted by atomic mass is 14.8. The predicted molar refractivity (Wildman–Crippen MR) is 51.8 cm³/mol. The van der Waals surface area contributed by atoms with Crippen LogP contribution in [0, 0.1) is 5.92 Å². The second kappa shape index (κ2) is 4.83. The summed E-state index contributed by atoms with van der Waals surface area (Å²) in [5.74, 6) is 0.414. The molecule has 0 aromatic heterocycles. The number of hydrogen-bond acceptors (Lipinski definition) is 2. The van der Waals surface area contributed by atoms with Crippen LogP contribution >= 0.6 is 0 Å². The monoisotopic (exact) mass is 152 g/mol. The van der Waals surface area contributed by atoms with Crippen LogP contribution < -0.4 is 0 Å². The molecule has 0 N–H and O–H groups in total. The van der Waals surface area contributed by atoms with Crippen molar-refractivity contribution in [2.45, 2.75) is 13.8 Å². The van der Waals surface area contributed by atoms with Gasteiger partial charge in [-0.15, -0.1) is 0 Å². The van der Waals surface area contributed by atoms with Crippen LogP contribution in [-0.2, 0) is 0 Å². The maximum atomic E-state index is 4.14. The van der Waals surface area contributed by atoms with Crippen LogP contribution in [0.4, 0.5) is 0 Å². The van der Waals surface area contributed by atoms with E-state index >= 15 is 0 Å². The van der Waals surface area contributed by atoms with Crippen LogP contribution in [0.1, 0.15) is 13.8 Å². The van der Waals surface area contributed by atoms with Crippen molar-refractivity contribution in [3.63, 3.8) is 0 Å². The normalized spacial score (nSPS) is 13.9. The highest BCUT2D eigenvalue weighted by molar-refractivity contribution is 6.46. The van der Waals surface area contributed by atoms with Crippen molar-refractivity contribution in [1.82, 2.24) is 0 Å². The summed E-state index contributed by atoms with van der Waals surface area (Å²) in [6.45, 7) is 7.86. The van der Waals surface area contributed by atoms with E-state index in [2.05, 4.69) is 30.4 Å². The summed E-state index contributed by atoms with van der Waals surface area (Å²) in [5.41, 5.74) is 1.91. The molecule has 0 aromatic carbocycles. The van der Waals surface area contributed by atoms with Crippen LogP contribution in [0.2, 0.25) is 0 Å². The first-order valence-electron chi connectivity index (χ1n) is 3.73. The van der Waals surface area contributed by atoms with Gasteiger partial charge in [0.2, 0.25) is 0 Å². The fraction of sp³-hybridized carbons (Fsp3) is 0.556. The van der Waals surface area contributed by atoms with Crippen molar-refractivity contribution in [2.24, 2.45) is 15.9 Å². The Bertz CT molecular complexity index is 188. The van der Waals surface area contributed by atoms with Gasteiger partial charge < -0.3 is 0 Å². The maximum absolute atomic E-state index is 4.14. The second-order valence-corrected chi connectivity index (χ2v) is 2.58. The minimum Gasteiger partial charge on any atom is -0.291 e. The van der Waals surface area contributed by atoms with Crippen LogP contribution in [0.15, 0.2) is 22.6 Å². The lowest BCUT2D eigenvalue weighted by Crippen LogP contribution is -2.17. The first kappa shape index (κ1) is 10.1. The molecule has 0 amide bonds. The van der Waals surface area contributed by atoms with Crippen molar-refractivity contribution in [3.05, 3.63) is 12.7 Å². The molecule has 0 spiro atoms. The molecule has 2 heteroatoms. The van der Waals surface area contributed by atoms with E-state index in [1.165, 1.54) is 0 Å². The molecular weight excluding hydrogens is 136 g/mol. The van der Waals surface area contributed by atoms with Gasteiger partial charge in [-0.25, -0.2) is 0 Å².